The Balaban J connectivity index is 1.41. The number of unbranched alkanes of at least 4 members (excludes halogenated alkanes) is 35. The number of rotatable bonds is 61. The van der Waals surface area contributed by atoms with E-state index in [2.05, 4.69) is 79.9 Å². The molecule has 17 atom stereocenters. The maximum Gasteiger partial charge on any atom is 0.220 e. The van der Waals surface area contributed by atoms with Gasteiger partial charge in [0.25, 0.3) is 0 Å². The highest BCUT2D eigenvalue weighted by Gasteiger charge is 2.53. The average Bonchev–Trinajstić information content (AvgIpc) is 0.784. The largest absolute Gasteiger partial charge is 0.394 e. The number of nitrogens with one attached hydrogen (secondary N) is 1. The second-order valence-corrected chi connectivity index (χ2v) is 27.8. The molecule has 3 fully saturated rings. The summed E-state index contributed by atoms with van der Waals surface area (Å²) in [6.45, 7) is 1.71. The van der Waals surface area contributed by atoms with Gasteiger partial charge in [-0.2, -0.15) is 0 Å². The van der Waals surface area contributed by atoms with E-state index in [9.17, 15) is 61.0 Å². The molecule has 3 heterocycles. The molecule has 17 unspecified atom stereocenters. The highest BCUT2D eigenvalue weighted by molar-refractivity contribution is 5.76. The molecule has 12 N–H and O–H groups in total. The predicted molar refractivity (Wildman–Crippen MR) is 388 cm³/mol. The molecule has 3 rings (SSSR count). The molecule has 0 aromatic heterocycles. The molecule has 3 saturated heterocycles. The summed E-state index contributed by atoms with van der Waals surface area (Å²) >= 11 is 0. The van der Waals surface area contributed by atoms with Crippen LogP contribution in [0.3, 0.4) is 0 Å². The molecule has 0 saturated carbocycles. The molecule has 98 heavy (non-hydrogen) atoms. The number of amides is 1. The molecule has 1 amide bonds. The second-order valence-electron chi connectivity index (χ2n) is 27.8. The number of aliphatic hydroxyl groups excluding tert-OH is 11. The van der Waals surface area contributed by atoms with Gasteiger partial charge in [-0.25, -0.2) is 0 Å². The van der Waals surface area contributed by atoms with Gasteiger partial charge in [-0.05, 0) is 83.5 Å². The van der Waals surface area contributed by atoms with E-state index in [1.807, 2.05) is 6.08 Å². The van der Waals surface area contributed by atoms with E-state index < -0.39 is 124 Å². The van der Waals surface area contributed by atoms with Crippen LogP contribution in [0, 0.1) is 0 Å². The summed E-state index contributed by atoms with van der Waals surface area (Å²) in [7, 11) is 0. The first-order chi connectivity index (χ1) is 47.8. The first-order valence-electron chi connectivity index (χ1n) is 39.2. The number of hydrogen-bond acceptors (Lipinski definition) is 18. The molecule has 0 aromatic carbocycles. The third-order valence-corrected chi connectivity index (χ3v) is 19.2. The summed E-state index contributed by atoms with van der Waals surface area (Å²) in [4.78, 5) is 13.4. The lowest BCUT2D eigenvalue weighted by Crippen LogP contribution is -2.66. The van der Waals surface area contributed by atoms with Gasteiger partial charge in [0, 0.05) is 6.42 Å². The Labute approximate surface area is 591 Å². The Bertz CT molecular complexity index is 2050. The van der Waals surface area contributed by atoms with Crippen molar-refractivity contribution >= 4 is 5.91 Å². The molecular weight excluding hydrogens is 1250 g/mol. The lowest BCUT2D eigenvalue weighted by Gasteiger charge is -2.48. The number of hydrogen-bond donors (Lipinski definition) is 12. The molecule has 0 aromatic rings. The smallest absolute Gasteiger partial charge is 0.220 e. The van der Waals surface area contributed by atoms with Gasteiger partial charge in [-0.15, -0.1) is 0 Å². The van der Waals surface area contributed by atoms with Gasteiger partial charge in [0.05, 0.1) is 38.6 Å². The van der Waals surface area contributed by atoms with Gasteiger partial charge in [0.2, 0.25) is 5.91 Å². The van der Waals surface area contributed by atoms with Crippen molar-refractivity contribution in [2.75, 3.05) is 26.4 Å². The Kier molecular flexibility index (Phi) is 54.4. The van der Waals surface area contributed by atoms with Crippen LogP contribution in [0.25, 0.3) is 0 Å². The third-order valence-electron chi connectivity index (χ3n) is 19.2. The zero-order chi connectivity index (χ0) is 71.1. The van der Waals surface area contributed by atoms with Crippen LogP contribution < -0.4 is 5.32 Å². The predicted octanol–water partition coefficient (Wildman–Crippen LogP) is 12.4. The van der Waals surface area contributed by atoms with Crippen LogP contribution in [-0.4, -0.2) is 193 Å². The number of carbonyl (C=O) groups is 1. The molecule has 570 valence electrons. The van der Waals surface area contributed by atoms with E-state index in [0.29, 0.717) is 12.8 Å². The van der Waals surface area contributed by atoms with Crippen LogP contribution in [0.2, 0.25) is 0 Å². The highest BCUT2D eigenvalue weighted by Crippen LogP contribution is 2.33. The van der Waals surface area contributed by atoms with Gasteiger partial charge in [0.15, 0.2) is 18.9 Å². The first-order valence-corrected chi connectivity index (χ1v) is 39.2. The quantitative estimate of drug-likeness (QED) is 0.0199. The number of ether oxygens (including phenoxy) is 6. The maximum absolute atomic E-state index is 13.4. The molecule has 0 radical (unpaired) electrons. The Morgan fingerprint density at radius 1 is 0.367 bits per heavy atom. The fourth-order valence-corrected chi connectivity index (χ4v) is 12.9. The van der Waals surface area contributed by atoms with Gasteiger partial charge < -0.3 is 89.9 Å². The SMILES string of the molecule is CCCCCCC/C=C\C/C=C\C/C=C\CCCCCCCCC(=O)NC(COC1OC(CO)C(OC2OC(CO)C(OC3OC(CO)C(O)C(O)C3O)C(O)C2O)C(O)C1O)C(O)/C=C/CC/C=C/CC/C=C/CCCCCCCCCCCCCCCCCCCCCCCC. The van der Waals surface area contributed by atoms with Crippen molar-refractivity contribution in [2.45, 2.75) is 394 Å². The minimum atomic E-state index is -1.99. The van der Waals surface area contributed by atoms with Crippen LogP contribution in [0.15, 0.2) is 72.9 Å². The minimum absolute atomic E-state index is 0.214. The van der Waals surface area contributed by atoms with Crippen LogP contribution in [0.1, 0.15) is 290 Å². The molecule has 0 bridgehead atoms. The van der Waals surface area contributed by atoms with E-state index in [1.165, 1.54) is 180 Å². The van der Waals surface area contributed by atoms with E-state index >= 15 is 0 Å². The van der Waals surface area contributed by atoms with E-state index in [4.69, 9.17) is 28.4 Å². The summed E-state index contributed by atoms with van der Waals surface area (Å²) in [6.07, 6.45) is 50.4. The lowest BCUT2D eigenvalue weighted by molar-refractivity contribution is -0.379. The monoisotopic (exact) mass is 1390 g/mol. The van der Waals surface area contributed by atoms with Crippen LogP contribution in [0.5, 0.6) is 0 Å². The van der Waals surface area contributed by atoms with E-state index in [1.54, 1.807) is 6.08 Å². The fraction of sp³-hybridized carbons (Fsp3) is 0.835. The van der Waals surface area contributed by atoms with Crippen molar-refractivity contribution in [1.29, 1.82) is 0 Å². The van der Waals surface area contributed by atoms with Crippen LogP contribution in [-0.2, 0) is 33.2 Å². The van der Waals surface area contributed by atoms with Crippen molar-refractivity contribution in [3.8, 4) is 0 Å². The van der Waals surface area contributed by atoms with Gasteiger partial charge in [-0.3, -0.25) is 4.79 Å². The average molecular weight is 1390 g/mol. The summed E-state index contributed by atoms with van der Waals surface area (Å²) in [5, 5.41) is 121. The van der Waals surface area contributed by atoms with Gasteiger partial charge >= 0.3 is 0 Å². The number of carbonyl (C=O) groups excluding carboxylic acids is 1. The highest BCUT2D eigenvalue weighted by atomic mass is 16.8. The van der Waals surface area contributed by atoms with Gasteiger partial charge in [0.1, 0.15) is 73.2 Å². The zero-order valence-electron chi connectivity index (χ0n) is 60.8. The van der Waals surface area contributed by atoms with Crippen molar-refractivity contribution in [3.63, 3.8) is 0 Å². The topological polar surface area (TPSA) is 307 Å². The molecule has 0 spiro atoms. The van der Waals surface area contributed by atoms with Crippen molar-refractivity contribution in [1.82, 2.24) is 5.32 Å². The molecule has 3 aliphatic heterocycles. The first kappa shape index (κ1) is 89.4. The number of aliphatic hydroxyl groups is 11. The standard InChI is InChI=1S/C79H141NO18/c1-3-5-7-9-11-13-15-17-19-21-23-25-26-27-28-29-30-31-32-33-34-35-37-38-40-42-44-46-48-50-52-54-56-63(84)62(80-67(85)57-55-53-51-49-47-45-43-41-39-36-24-22-20-18-16-14-12-10-8-6-4-2)61-93-77-73(91)70(88)75(65(59-82)95-77)98-79-74(92)71(89)76(66(60-83)96-79)97-78-72(90)69(87)68(86)64(58-81)94-78/h16,18,22,24,38-41,46,48,54,56,62-66,68-79,81-84,86-92H,3-15,17,19-21,23,25-37,42-45,47,49-53,55,57-61H2,1-2H3,(H,80,85)/b18-16-,24-22-,40-38+,41-39-,48-46+,56-54+. The summed E-state index contributed by atoms with van der Waals surface area (Å²) in [5.74, 6) is -0.302. The molecule has 19 nitrogen and oxygen atoms in total. The number of allylic oxidation sites excluding steroid dienone is 11. The van der Waals surface area contributed by atoms with E-state index in [-0.39, 0.29) is 18.9 Å². The third kappa shape index (κ3) is 39.8. The summed E-state index contributed by atoms with van der Waals surface area (Å²) in [6, 6.07) is -1.01. The van der Waals surface area contributed by atoms with E-state index in [0.717, 1.165) is 77.0 Å². The Hall–Kier alpha value is -2.77. The Morgan fingerprint density at radius 3 is 1.09 bits per heavy atom. The fourth-order valence-electron chi connectivity index (χ4n) is 12.9. The van der Waals surface area contributed by atoms with Crippen molar-refractivity contribution in [3.05, 3.63) is 72.9 Å². The Morgan fingerprint density at radius 2 is 0.684 bits per heavy atom. The van der Waals surface area contributed by atoms with Crippen LogP contribution in [0.4, 0.5) is 0 Å². The molecule has 3 aliphatic rings. The second kappa shape index (κ2) is 59.6. The molecule has 0 aliphatic carbocycles. The van der Waals surface area contributed by atoms with Crippen LogP contribution >= 0.6 is 0 Å². The lowest BCUT2D eigenvalue weighted by atomic mass is 9.96. The van der Waals surface area contributed by atoms with Gasteiger partial charge in [-0.1, -0.05) is 273 Å². The normalized spacial score (nSPS) is 27.1. The molecular formula is C79H141NO18. The zero-order valence-corrected chi connectivity index (χ0v) is 60.8. The summed E-state index contributed by atoms with van der Waals surface area (Å²) < 4.78 is 34.4. The van der Waals surface area contributed by atoms with Crippen molar-refractivity contribution in [2.24, 2.45) is 0 Å². The van der Waals surface area contributed by atoms with Crippen molar-refractivity contribution < 1.29 is 89.4 Å². The maximum atomic E-state index is 13.4. The minimum Gasteiger partial charge on any atom is -0.394 e. The summed E-state index contributed by atoms with van der Waals surface area (Å²) in [5.41, 5.74) is 0. The molecule has 19 heteroatoms.